The third-order valence-corrected chi connectivity index (χ3v) is 4.01. The second-order valence-corrected chi connectivity index (χ2v) is 7.05. The van der Waals surface area contributed by atoms with Gasteiger partial charge in [-0.15, -0.1) is 11.3 Å². The van der Waals surface area contributed by atoms with Gasteiger partial charge in [-0.05, 0) is 26.8 Å². The van der Waals surface area contributed by atoms with Crippen LogP contribution in [0.5, 0.6) is 0 Å². The Morgan fingerprint density at radius 3 is 2.43 bits per heavy atom. The number of hydrogen-bond donors (Lipinski definition) is 2. The molecule has 0 saturated carbocycles. The van der Waals surface area contributed by atoms with Crippen LogP contribution in [0.15, 0.2) is 29.6 Å². The van der Waals surface area contributed by atoms with E-state index in [2.05, 4.69) is 5.32 Å². The van der Waals surface area contributed by atoms with Gasteiger partial charge in [-0.2, -0.15) is 0 Å². The first kappa shape index (κ1) is 17.3. The van der Waals surface area contributed by atoms with Crippen LogP contribution in [-0.4, -0.2) is 22.8 Å². The van der Waals surface area contributed by atoms with Crippen LogP contribution in [0.3, 0.4) is 0 Å². The van der Waals surface area contributed by atoms with Gasteiger partial charge in [0.2, 0.25) is 0 Å². The molecule has 1 amide bonds. The van der Waals surface area contributed by atoms with E-state index < -0.39 is 17.7 Å². The first-order valence-electron chi connectivity index (χ1n) is 6.78. The molecule has 1 heterocycles. The molecule has 0 aliphatic rings. The summed E-state index contributed by atoms with van der Waals surface area (Å²) in [5.74, 6) is -1.15. The topological polar surface area (TPSA) is 75.6 Å². The largest absolute Gasteiger partial charge is 0.478 e. The number of halogens is 1. The fourth-order valence-corrected chi connectivity index (χ4v) is 3.11. The Morgan fingerprint density at radius 2 is 1.87 bits per heavy atom. The molecule has 5 nitrogen and oxygen atoms in total. The lowest BCUT2D eigenvalue weighted by molar-refractivity contribution is 0.0636. The molecule has 0 unspecified atom stereocenters. The van der Waals surface area contributed by atoms with Crippen molar-refractivity contribution in [2.45, 2.75) is 26.4 Å². The molecule has 2 N–H and O–H groups in total. The van der Waals surface area contributed by atoms with Gasteiger partial charge in [0.05, 0.1) is 0 Å². The van der Waals surface area contributed by atoms with E-state index in [-0.39, 0.29) is 10.6 Å². The highest BCUT2D eigenvalue weighted by atomic mass is 35.5. The zero-order valence-electron chi connectivity index (χ0n) is 12.8. The maximum absolute atomic E-state index is 11.9. The van der Waals surface area contributed by atoms with Gasteiger partial charge >= 0.3 is 12.1 Å². The number of carbonyl (C=O) groups excluding carboxylic acids is 1. The van der Waals surface area contributed by atoms with Crippen LogP contribution in [0.4, 0.5) is 9.80 Å². The number of carboxylic acids is 1. The van der Waals surface area contributed by atoms with E-state index in [0.29, 0.717) is 16.1 Å². The second-order valence-electron chi connectivity index (χ2n) is 5.77. The van der Waals surface area contributed by atoms with E-state index in [0.717, 1.165) is 11.3 Å². The average molecular weight is 354 g/mol. The number of nitrogens with one attached hydrogen (secondary N) is 1. The molecule has 23 heavy (non-hydrogen) atoms. The second kappa shape index (κ2) is 6.60. The summed E-state index contributed by atoms with van der Waals surface area (Å²) < 4.78 is 5.15. The Balaban J connectivity index is 2.39. The maximum Gasteiger partial charge on any atom is 0.412 e. The summed E-state index contributed by atoms with van der Waals surface area (Å²) in [5.41, 5.74) is 0.379. The fourth-order valence-electron chi connectivity index (χ4n) is 1.94. The number of benzene rings is 1. The van der Waals surface area contributed by atoms with Crippen LogP contribution < -0.4 is 5.32 Å². The normalized spacial score (nSPS) is 11.1. The Hall–Kier alpha value is -2.05. The van der Waals surface area contributed by atoms with E-state index >= 15 is 0 Å². The molecule has 2 aromatic rings. The Bertz CT molecular complexity index is 749. The molecular weight excluding hydrogens is 338 g/mol. The molecule has 0 saturated heterocycles. The van der Waals surface area contributed by atoms with Crippen molar-refractivity contribution in [1.29, 1.82) is 0 Å². The SMILES string of the molecule is CC(C)(C)OC(=O)Nc1scc(-c2ccccc2Cl)c1C(=O)O. The van der Waals surface area contributed by atoms with Gasteiger partial charge in [0, 0.05) is 21.5 Å². The monoisotopic (exact) mass is 353 g/mol. The zero-order valence-corrected chi connectivity index (χ0v) is 14.4. The number of rotatable bonds is 3. The summed E-state index contributed by atoms with van der Waals surface area (Å²) >= 11 is 7.25. The molecule has 0 atom stereocenters. The molecule has 0 fully saturated rings. The number of anilines is 1. The smallest absolute Gasteiger partial charge is 0.412 e. The highest BCUT2D eigenvalue weighted by Crippen LogP contribution is 2.38. The molecule has 1 aromatic carbocycles. The van der Waals surface area contributed by atoms with Crippen molar-refractivity contribution in [2.75, 3.05) is 5.32 Å². The number of thiophene rings is 1. The van der Waals surface area contributed by atoms with Gasteiger partial charge in [0.25, 0.3) is 0 Å². The molecule has 2 rings (SSSR count). The van der Waals surface area contributed by atoms with Crippen LogP contribution in [0, 0.1) is 0 Å². The lowest BCUT2D eigenvalue weighted by Crippen LogP contribution is -2.27. The van der Waals surface area contributed by atoms with E-state index in [9.17, 15) is 14.7 Å². The molecular formula is C16H16ClNO4S. The minimum Gasteiger partial charge on any atom is -0.478 e. The van der Waals surface area contributed by atoms with Crippen molar-refractivity contribution in [3.05, 3.63) is 40.2 Å². The highest BCUT2D eigenvalue weighted by Gasteiger charge is 2.24. The van der Waals surface area contributed by atoms with E-state index in [1.54, 1.807) is 50.4 Å². The third-order valence-electron chi connectivity index (χ3n) is 2.78. The summed E-state index contributed by atoms with van der Waals surface area (Å²) in [6.45, 7) is 5.19. The predicted octanol–water partition coefficient (Wildman–Crippen LogP) is 5.11. The first-order chi connectivity index (χ1) is 10.7. The standard InChI is InChI=1S/C16H16ClNO4S/c1-16(2,3)22-15(21)18-13-12(14(19)20)10(8-23-13)9-6-4-5-7-11(9)17/h4-8H,1-3H3,(H,18,21)(H,19,20). The number of hydrogen-bond acceptors (Lipinski definition) is 4. The first-order valence-corrected chi connectivity index (χ1v) is 8.04. The van der Waals surface area contributed by atoms with E-state index in [4.69, 9.17) is 16.3 Å². The number of aromatic carboxylic acids is 1. The van der Waals surface area contributed by atoms with Gasteiger partial charge in [-0.3, -0.25) is 5.32 Å². The van der Waals surface area contributed by atoms with Crippen LogP contribution in [0.1, 0.15) is 31.1 Å². The van der Waals surface area contributed by atoms with Crippen LogP contribution in [0.25, 0.3) is 11.1 Å². The Kier molecular flexibility index (Phi) is 4.97. The lowest BCUT2D eigenvalue weighted by Gasteiger charge is -2.19. The quantitative estimate of drug-likeness (QED) is 0.803. The molecule has 0 radical (unpaired) electrons. The van der Waals surface area contributed by atoms with E-state index in [1.807, 2.05) is 0 Å². The third kappa shape index (κ3) is 4.24. The zero-order chi connectivity index (χ0) is 17.2. The van der Waals surface area contributed by atoms with Gasteiger partial charge < -0.3 is 9.84 Å². The van der Waals surface area contributed by atoms with Crippen molar-refractivity contribution in [2.24, 2.45) is 0 Å². The van der Waals surface area contributed by atoms with Crippen LogP contribution in [-0.2, 0) is 4.74 Å². The van der Waals surface area contributed by atoms with Gasteiger partial charge in [0.1, 0.15) is 16.2 Å². The summed E-state index contributed by atoms with van der Waals surface area (Å²) in [6.07, 6.45) is -0.701. The molecule has 0 aliphatic carbocycles. The van der Waals surface area contributed by atoms with Crippen molar-refractivity contribution < 1.29 is 19.4 Å². The molecule has 0 spiro atoms. The number of ether oxygens (including phenoxy) is 1. The van der Waals surface area contributed by atoms with Crippen LogP contribution in [0.2, 0.25) is 5.02 Å². The highest BCUT2D eigenvalue weighted by molar-refractivity contribution is 7.15. The minimum absolute atomic E-state index is 0.00559. The van der Waals surface area contributed by atoms with Gasteiger partial charge in [0.15, 0.2) is 0 Å². The molecule has 0 aliphatic heterocycles. The number of carbonyl (C=O) groups is 2. The Morgan fingerprint density at radius 1 is 1.22 bits per heavy atom. The molecule has 7 heteroatoms. The molecule has 1 aromatic heterocycles. The summed E-state index contributed by atoms with van der Waals surface area (Å²) in [7, 11) is 0. The molecule has 122 valence electrons. The maximum atomic E-state index is 11.9. The van der Waals surface area contributed by atoms with Crippen molar-refractivity contribution in [3.8, 4) is 11.1 Å². The Labute approximate surface area is 142 Å². The van der Waals surface area contributed by atoms with Crippen molar-refractivity contribution in [3.63, 3.8) is 0 Å². The summed E-state index contributed by atoms with van der Waals surface area (Å²) in [6, 6.07) is 6.94. The number of amides is 1. The van der Waals surface area contributed by atoms with Crippen LogP contribution >= 0.6 is 22.9 Å². The minimum atomic E-state index is -1.15. The van der Waals surface area contributed by atoms with Crippen molar-refractivity contribution in [1.82, 2.24) is 0 Å². The van der Waals surface area contributed by atoms with Gasteiger partial charge in [-0.25, -0.2) is 9.59 Å². The van der Waals surface area contributed by atoms with Gasteiger partial charge in [-0.1, -0.05) is 29.8 Å². The molecule has 0 bridgehead atoms. The lowest BCUT2D eigenvalue weighted by atomic mass is 10.0. The van der Waals surface area contributed by atoms with Crippen molar-refractivity contribution >= 4 is 40.0 Å². The fraction of sp³-hybridized carbons (Fsp3) is 0.250. The van der Waals surface area contributed by atoms with E-state index in [1.165, 1.54) is 0 Å². The predicted molar refractivity (Wildman–Crippen MR) is 91.6 cm³/mol. The summed E-state index contributed by atoms with van der Waals surface area (Å²) in [5, 5.41) is 14.3. The summed E-state index contributed by atoms with van der Waals surface area (Å²) in [4.78, 5) is 23.5. The number of carboxylic acid groups (broad SMARTS) is 1. The average Bonchev–Trinajstić information content (AvgIpc) is 2.80.